The highest BCUT2D eigenvalue weighted by Crippen LogP contribution is 2.27. The van der Waals surface area contributed by atoms with Gasteiger partial charge in [-0.2, -0.15) is 0 Å². The van der Waals surface area contributed by atoms with Crippen LogP contribution >= 0.6 is 0 Å². The van der Waals surface area contributed by atoms with Crippen LogP contribution < -0.4 is 21.9 Å². The van der Waals surface area contributed by atoms with E-state index in [1.54, 1.807) is 31.1 Å². The van der Waals surface area contributed by atoms with E-state index < -0.39 is 11.3 Å². The quantitative estimate of drug-likeness (QED) is 0.554. The van der Waals surface area contributed by atoms with Crippen LogP contribution in [0.15, 0.2) is 30.6 Å². The maximum atomic E-state index is 11.1. The van der Waals surface area contributed by atoms with Crippen LogP contribution in [-0.2, 0) is 0 Å². The number of anilines is 2. The van der Waals surface area contributed by atoms with Crippen molar-refractivity contribution in [1.82, 2.24) is 0 Å². The van der Waals surface area contributed by atoms with Gasteiger partial charge < -0.3 is 19.5 Å². The van der Waals surface area contributed by atoms with Gasteiger partial charge in [-0.3, -0.25) is 0 Å². The van der Waals surface area contributed by atoms with Crippen LogP contribution in [0.3, 0.4) is 0 Å². The molecule has 0 spiro atoms. The lowest BCUT2D eigenvalue weighted by molar-refractivity contribution is 0.450. The molecule has 0 bridgehead atoms. The fourth-order valence-corrected chi connectivity index (χ4v) is 1.39. The Labute approximate surface area is 89.9 Å². The first-order valence-electron chi connectivity index (χ1n) is 4.54. The van der Waals surface area contributed by atoms with Gasteiger partial charge in [0.25, 0.3) is 0 Å². The zero-order valence-corrected chi connectivity index (χ0v) is 8.81. The summed E-state index contributed by atoms with van der Waals surface area (Å²) in [6.45, 7) is 0. The molecule has 0 aliphatic carbocycles. The van der Waals surface area contributed by atoms with Crippen LogP contribution in [0.4, 0.5) is 11.4 Å². The van der Waals surface area contributed by atoms with E-state index in [1.807, 2.05) is 0 Å². The van der Waals surface area contributed by atoms with Crippen LogP contribution in [0.1, 0.15) is 0 Å². The molecule has 0 unspecified atom stereocenters. The molecule has 0 saturated heterocycles. The first kappa shape index (κ1) is 10.3. The number of fused-ring (bicyclic) bond motifs is 1. The van der Waals surface area contributed by atoms with Gasteiger partial charge in [0.05, 0.1) is 11.4 Å². The second-order valence-electron chi connectivity index (χ2n) is 3.51. The van der Waals surface area contributed by atoms with Crippen molar-refractivity contribution >= 4 is 22.5 Å². The van der Waals surface area contributed by atoms with E-state index in [-0.39, 0.29) is 16.9 Å². The summed E-state index contributed by atoms with van der Waals surface area (Å²) in [4.78, 5) is 23.8. The molecule has 1 aromatic carbocycles. The molecule has 1 heterocycles. The van der Waals surface area contributed by atoms with Crippen molar-refractivity contribution in [3.63, 3.8) is 0 Å². The summed E-state index contributed by atoms with van der Waals surface area (Å²) < 4.78 is 9.68. The zero-order chi connectivity index (χ0) is 11.9. The molecule has 6 heteroatoms. The number of nitrogens with zero attached hydrogens (tertiary/aromatic N) is 1. The van der Waals surface area contributed by atoms with Crippen LogP contribution in [0.5, 0.6) is 0 Å². The molecule has 0 saturated carbocycles. The van der Waals surface area contributed by atoms with Gasteiger partial charge in [0.15, 0.2) is 11.2 Å². The van der Waals surface area contributed by atoms with Gasteiger partial charge in [-0.1, -0.05) is 0 Å². The molecule has 0 atom stereocenters. The summed E-state index contributed by atoms with van der Waals surface area (Å²) in [6.07, 6.45) is 0. The Morgan fingerprint density at radius 1 is 1.06 bits per heavy atom. The maximum Gasteiger partial charge on any atom is 0.423 e. The predicted octanol–water partition coefficient (Wildman–Crippen LogP) is 0.394. The largest absolute Gasteiger partial charge is 0.423 e. The van der Waals surface area contributed by atoms with E-state index in [2.05, 4.69) is 0 Å². The minimum atomic E-state index is -1.06. The highest BCUT2D eigenvalue weighted by molar-refractivity contribution is 5.92. The second kappa shape index (κ2) is 3.41. The van der Waals surface area contributed by atoms with E-state index in [1.165, 1.54) is 0 Å². The smallest absolute Gasteiger partial charge is 0.412 e. The molecule has 0 aliphatic rings. The molecule has 2 aromatic rings. The number of benzene rings is 1. The van der Waals surface area contributed by atoms with Crippen molar-refractivity contribution in [1.29, 1.82) is 0 Å². The normalized spacial score (nSPS) is 10.6. The SMILES string of the molecule is CN(C)c1ccc(N)c2oc(=O)c(=O)oc12. The van der Waals surface area contributed by atoms with Crippen molar-refractivity contribution in [3.05, 3.63) is 33.0 Å². The lowest BCUT2D eigenvalue weighted by Gasteiger charge is -2.13. The summed E-state index contributed by atoms with van der Waals surface area (Å²) >= 11 is 0. The van der Waals surface area contributed by atoms with Crippen molar-refractivity contribution in [2.75, 3.05) is 24.7 Å². The Morgan fingerprint density at radius 2 is 1.62 bits per heavy atom. The summed E-state index contributed by atoms with van der Waals surface area (Å²) in [6, 6.07) is 3.27. The maximum absolute atomic E-state index is 11.1. The molecular weight excluding hydrogens is 212 g/mol. The first-order valence-corrected chi connectivity index (χ1v) is 4.54. The van der Waals surface area contributed by atoms with Crippen molar-refractivity contribution < 1.29 is 8.83 Å². The van der Waals surface area contributed by atoms with Gasteiger partial charge in [-0.25, -0.2) is 9.59 Å². The monoisotopic (exact) mass is 222 g/mol. The fourth-order valence-electron chi connectivity index (χ4n) is 1.39. The minimum Gasteiger partial charge on any atom is -0.412 e. The average molecular weight is 222 g/mol. The Balaban J connectivity index is 2.99. The first-order chi connectivity index (χ1) is 7.50. The van der Waals surface area contributed by atoms with E-state index in [0.717, 1.165) is 0 Å². The van der Waals surface area contributed by atoms with Gasteiger partial charge in [0.2, 0.25) is 0 Å². The van der Waals surface area contributed by atoms with Crippen LogP contribution in [0, 0.1) is 0 Å². The van der Waals surface area contributed by atoms with Gasteiger partial charge in [0, 0.05) is 14.1 Å². The molecule has 2 N–H and O–H groups in total. The molecule has 0 aliphatic heterocycles. The van der Waals surface area contributed by atoms with E-state index >= 15 is 0 Å². The molecule has 0 radical (unpaired) electrons. The second-order valence-corrected chi connectivity index (χ2v) is 3.51. The van der Waals surface area contributed by atoms with Crippen LogP contribution in [0.2, 0.25) is 0 Å². The molecular formula is C10H10N2O4. The molecule has 16 heavy (non-hydrogen) atoms. The zero-order valence-electron chi connectivity index (χ0n) is 8.81. The molecule has 0 fully saturated rings. The van der Waals surface area contributed by atoms with E-state index in [9.17, 15) is 9.59 Å². The molecule has 2 rings (SSSR count). The van der Waals surface area contributed by atoms with E-state index in [0.29, 0.717) is 5.69 Å². The summed E-state index contributed by atoms with van der Waals surface area (Å²) in [7, 11) is 3.55. The van der Waals surface area contributed by atoms with Crippen LogP contribution in [0.25, 0.3) is 11.2 Å². The number of rotatable bonds is 1. The van der Waals surface area contributed by atoms with Gasteiger partial charge in [-0.05, 0) is 12.1 Å². The lowest BCUT2D eigenvalue weighted by atomic mass is 10.2. The van der Waals surface area contributed by atoms with Gasteiger partial charge in [-0.15, -0.1) is 0 Å². The lowest BCUT2D eigenvalue weighted by Crippen LogP contribution is -2.22. The number of nitrogen functional groups attached to an aromatic ring is 1. The van der Waals surface area contributed by atoms with Gasteiger partial charge in [0.1, 0.15) is 0 Å². The Morgan fingerprint density at radius 3 is 2.19 bits per heavy atom. The minimum absolute atomic E-state index is 0.0933. The summed E-state index contributed by atoms with van der Waals surface area (Å²) in [5.74, 6) is 0. The fraction of sp³-hybridized carbons (Fsp3) is 0.200. The number of hydrogen-bond acceptors (Lipinski definition) is 6. The van der Waals surface area contributed by atoms with Gasteiger partial charge >= 0.3 is 11.3 Å². The topological polar surface area (TPSA) is 89.7 Å². The van der Waals surface area contributed by atoms with Crippen molar-refractivity contribution in [2.45, 2.75) is 0 Å². The standard InChI is InChI=1S/C10H10N2O4/c1-12(2)6-4-3-5(11)7-8(6)16-10(14)9(13)15-7/h3-4H,11H2,1-2H3. The third kappa shape index (κ3) is 1.44. The van der Waals surface area contributed by atoms with Crippen molar-refractivity contribution in [3.8, 4) is 0 Å². The van der Waals surface area contributed by atoms with Crippen molar-refractivity contribution in [2.24, 2.45) is 0 Å². The van der Waals surface area contributed by atoms with Crippen LogP contribution in [-0.4, -0.2) is 14.1 Å². The Kier molecular flexibility index (Phi) is 2.19. The third-order valence-electron chi connectivity index (χ3n) is 2.16. The molecule has 84 valence electrons. The Hall–Kier alpha value is -2.24. The summed E-state index contributed by atoms with van der Waals surface area (Å²) in [5, 5.41) is 0. The highest BCUT2D eigenvalue weighted by atomic mass is 16.5. The summed E-state index contributed by atoms with van der Waals surface area (Å²) in [5.41, 5.74) is 4.67. The average Bonchev–Trinajstić information content (AvgIpc) is 2.21. The molecule has 1 aromatic heterocycles. The Bertz CT molecular complexity index is 654. The predicted molar refractivity (Wildman–Crippen MR) is 59.8 cm³/mol. The molecule has 0 amide bonds. The molecule has 6 nitrogen and oxygen atoms in total. The number of nitrogens with two attached hydrogens (primary N) is 1. The third-order valence-corrected chi connectivity index (χ3v) is 2.16. The number of hydrogen-bond donors (Lipinski definition) is 1. The highest BCUT2D eigenvalue weighted by Gasteiger charge is 2.13. The van der Waals surface area contributed by atoms with E-state index in [4.69, 9.17) is 14.6 Å².